The number of hydrogen-bond acceptors (Lipinski definition) is 1. The minimum absolute atomic E-state index is 0.0109. The molecule has 4 rings (SSSR count). The van der Waals surface area contributed by atoms with Crippen LogP contribution in [0.5, 0.6) is 0 Å². The quantitative estimate of drug-likeness (QED) is 0.292. The summed E-state index contributed by atoms with van der Waals surface area (Å²) in [5.41, 5.74) is 1.48. The number of rotatable bonds is 3. The smallest absolute Gasteiger partial charge is 0.231 e. The van der Waals surface area contributed by atoms with E-state index in [1.807, 2.05) is 0 Å². The van der Waals surface area contributed by atoms with Gasteiger partial charge in [0, 0.05) is 5.56 Å². The van der Waals surface area contributed by atoms with Gasteiger partial charge in [0.1, 0.15) is 5.82 Å². The molecule has 0 aliphatic heterocycles. The topological polar surface area (TPSA) is 17.8 Å². The first-order chi connectivity index (χ1) is 14.2. The van der Waals surface area contributed by atoms with Crippen molar-refractivity contribution in [2.75, 3.05) is 0 Å². The molecule has 152 valence electrons. The lowest BCUT2D eigenvalue weighted by Crippen LogP contribution is -2.07. The normalized spacial score (nSPS) is 11.7. The van der Waals surface area contributed by atoms with Gasteiger partial charge >= 0.3 is 6.18 Å². The first kappa shape index (κ1) is 20.4. The fraction of sp³-hybridized carbons (Fsp3) is 0.0455. The molecule has 1 aromatic heterocycles. The van der Waals surface area contributed by atoms with Gasteiger partial charge < -0.3 is 0 Å². The minimum Gasteiger partial charge on any atom is -0.231 e. The van der Waals surface area contributed by atoms with Crippen molar-refractivity contribution < 1.29 is 17.6 Å². The molecule has 8 heteroatoms. The molecule has 0 amide bonds. The molecule has 2 nitrogen and oxygen atoms in total. The number of aromatic nitrogens is 2. The highest BCUT2D eigenvalue weighted by Crippen LogP contribution is 2.35. The zero-order valence-corrected chi connectivity index (χ0v) is 16.6. The second-order valence-corrected chi connectivity index (χ2v) is 7.30. The minimum atomic E-state index is -4.61. The Morgan fingerprint density at radius 3 is 2.00 bits per heavy atom. The summed E-state index contributed by atoms with van der Waals surface area (Å²) in [6.07, 6.45) is -4.61. The number of hydrogen-bond donors (Lipinski definition) is 0. The van der Waals surface area contributed by atoms with E-state index in [4.69, 9.17) is 23.2 Å². The van der Waals surface area contributed by atoms with E-state index in [0.717, 1.165) is 11.6 Å². The zero-order valence-electron chi connectivity index (χ0n) is 15.1. The van der Waals surface area contributed by atoms with Crippen LogP contribution in [-0.2, 0) is 6.18 Å². The maximum atomic E-state index is 13.4. The Morgan fingerprint density at radius 2 is 1.37 bits per heavy atom. The Bertz CT molecular complexity index is 1210. The van der Waals surface area contributed by atoms with Gasteiger partial charge in [-0.15, -0.1) is 0 Å². The molecule has 0 aliphatic carbocycles. The Hall–Kier alpha value is -2.83. The predicted octanol–water partition coefficient (Wildman–Crippen LogP) is 7.67. The molecule has 0 radical (unpaired) electrons. The molecule has 30 heavy (non-hydrogen) atoms. The lowest BCUT2D eigenvalue weighted by Gasteiger charge is -2.10. The average Bonchev–Trinajstić information content (AvgIpc) is 3.16. The lowest BCUT2D eigenvalue weighted by atomic mass is 10.0. The summed E-state index contributed by atoms with van der Waals surface area (Å²) in [5, 5.41) is 4.00. The van der Waals surface area contributed by atoms with E-state index in [-0.39, 0.29) is 15.7 Å². The van der Waals surface area contributed by atoms with Gasteiger partial charge in [-0.2, -0.15) is 18.3 Å². The van der Waals surface area contributed by atoms with Gasteiger partial charge in [-0.3, -0.25) is 0 Å². The lowest BCUT2D eigenvalue weighted by molar-refractivity contribution is -0.141. The van der Waals surface area contributed by atoms with Crippen LogP contribution in [0.15, 0.2) is 72.8 Å². The van der Waals surface area contributed by atoms with Gasteiger partial charge in [-0.05, 0) is 41.5 Å². The Morgan fingerprint density at radius 1 is 0.733 bits per heavy atom. The fourth-order valence-corrected chi connectivity index (χ4v) is 3.44. The van der Waals surface area contributed by atoms with Crippen molar-refractivity contribution in [1.29, 1.82) is 0 Å². The number of benzene rings is 3. The molecule has 0 aliphatic rings. The average molecular weight is 451 g/mol. The number of para-hydroxylation sites is 1. The number of nitrogens with zero attached hydrogens (tertiary/aromatic N) is 2. The Balaban J connectivity index is 1.80. The second kappa shape index (κ2) is 7.78. The van der Waals surface area contributed by atoms with Gasteiger partial charge in [-0.1, -0.05) is 65.7 Å². The molecular weight excluding hydrogens is 439 g/mol. The fourth-order valence-electron chi connectivity index (χ4n) is 3.04. The van der Waals surface area contributed by atoms with E-state index < -0.39 is 17.7 Å². The van der Waals surface area contributed by atoms with Gasteiger partial charge in [0.05, 0.1) is 21.4 Å². The van der Waals surface area contributed by atoms with E-state index in [1.54, 1.807) is 54.6 Å². The van der Waals surface area contributed by atoms with E-state index in [1.165, 1.54) is 16.8 Å². The third-order valence-electron chi connectivity index (χ3n) is 4.51. The molecule has 0 unspecified atom stereocenters. The maximum Gasteiger partial charge on any atom is 0.435 e. The monoisotopic (exact) mass is 450 g/mol. The SMILES string of the molecule is Fc1ccc(-c2ccc(-c3cc(C(F)(F)F)nn3-c3ccccc3Cl)cc2)cc1Cl. The summed E-state index contributed by atoms with van der Waals surface area (Å²) in [7, 11) is 0. The summed E-state index contributed by atoms with van der Waals surface area (Å²) < 4.78 is 54.5. The van der Waals surface area contributed by atoms with Gasteiger partial charge in [0.25, 0.3) is 0 Å². The van der Waals surface area contributed by atoms with E-state index >= 15 is 0 Å². The third kappa shape index (κ3) is 3.93. The zero-order chi connectivity index (χ0) is 21.5. The largest absolute Gasteiger partial charge is 0.435 e. The molecule has 4 aromatic rings. The van der Waals surface area contributed by atoms with Crippen molar-refractivity contribution in [3.63, 3.8) is 0 Å². The van der Waals surface area contributed by atoms with Gasteiger partial charge in [-0.25, -0.2) is 9.07 Å². The molecule has 0 fully saturated rings. The number of alkyl halides is 3. The third-order valence-corrected chi connectivity index (χ3v) is 5.12. The van der Waals surface area contributed by atoms with Crippen LogP contribution in [0.1, 0.15) is 5.69 Å². The Kier molecular flexibility index (Phi) is 5.30. The molecule has 0 spiro atoms. The standard InChI is InChI=1S/C22H12Cl2F4N2/c23-16-3-1-2-4-19(16)30-20(12-21(29-30)22(26,27)28)14-7-5-13(6-8-14)15-9-10-18(25)17(24)11-15/h1-12H. The predicted molar refractivity (Wildman–Crippen MR) is 109 cm³/mol. The van der Waals surface area contributed by atoms with Crippen LogP contribution in [0, 0.1) is 5.82 Å². The van der Waals surface area contributed by atoms with Crippen molar-refractivity contribution in [2.24, 2.45) is 0 Å². The van der Waals surface area contributed by atoms with Crippen molar-refractivity contribution in [1.82, 2.24) is 9.78 Å². The maximum absolute atomic E-state index is 13.4. The molecule has 0 atom stereocenters. The highest BCUT2D eigenvalue weighted by molar-refractivity contribution is 6.32. The van der Waals surface area contributed by atoms with Crippen LogP contribution in [0.25, 0.3) is 28.1 Å². The van der Waals surface area contributed by atoms with Crippen molar-refractivity contribution in [3.05, 3.63) is 94.4 Å². The molecule has 3 aromatic carbocycles. The summed E-state index contributed by atoms with van der Waals surface area (Å²) in [5.74, 6) is -0.527. The van der Waals surface area contributed by atoms with Crippen LogP contribution in [0.2, 0.25) is 10.0 Å². The summed E-state index contributed by atoms with van der Waals surface area (Å²) in [6.45, 7) is 0. The molecule has 0 saturated heterocycles. The molecule has 1 heterocycles. The summed E-state index contributed by atoms with van der Waals surface area (Å²) in [6, 6.07) is 18.6. The summed E-state index contributed by atoms with van der Waals surface area (Å²) >= 11 is 12.0. The van der Waals surface area contributed by atoms with Crippen LogP contribution in [0.4, 0.5) is 17.6 Å². The second-order valence-electron chi connectivity index (χ2n) is 6.48. The summed E-state index contributed by atoms with van der Waals surface area (Å²) in [4.78, 5) is 0. The molecular formula is C22H12Cl2F4N2. The van der Waals surface area contributed by atoms with Crippen molar-refractivity contribution in [2.45, 2.75) is 6.18 Å². The van der Waals surface area contributed by atoms with E-state index in [0.29, 0.717) is 16.8 Å². The van der Waals surface area contributed by atoms with Crippen LogP contribution in [-0.4, -0.2) is 9.78 Å². The highest BCUT2D eigenvalue weighted by atomic mass is 35.5. The van der Waals surface area contributed by atoms with E-state index in [2.05, 4.69) is 5.10 Å². The molecule has 0 saturated carbocycles. The van der Waals surface area contributed by atoms with Crippen LogP contribution < -0.4 is 0 Å². The van der Waals surface area contributed by atoms with Crippen LogP contribution >= 0.6 is 23.2 Å². The van der Waals surface area contributed by atoms with Crippen molar-refractivity contribution in [3.8, 4) is 28.1 Å². The van der Waals surface area contributed by atoms with E-state index in [9.17, 15) is 17.6 Å². The first-order valence-corrected chi connectivity index (χ1v) is 9.47. The van der Waals surface area contributed by atoms with Crippen LogP contribution in [0.3, 0.4) is 0 Å². The molecule has 0 N–H and O–H groups in total. The number of halogens is 6. The Labute approximate surface area is 179 Å². The molecule has 0 bridgehead atoms. The first-order valence-electron chi connectivity index (χ1n) is 8.72. The van der Waals surface area contributed by atoms with Gasteiger partial charge in [0.15, 0.2) is 5.69 Å². The van der Waals surface area contributed by atoms with Gasteiger partial charge in [0.2, 0.25) is 0 Å². The van der Waals surface area contributed by atoms with Crippen molar-refractivity contribution >= 4 is 23.2 Å². The highest BCUT2D eigenvalue weighted by Gasteiger charge is 2.35.